The Bertz CT molecular complexity index is 535. The molecule has 2 aromatic rings. The van der Waals surface area contributed by atoms with Crippen molar-refractivity contribution in [3.8, 4) is 0 Å². The molecule has 92 valence electrons. The highest BCUT2D eigenvalue weighted by Crippen LogP contribution is 2.24. The largest absolute Gasteiger partial charge is 0.383 e. The van der Waals surface area contributed by atoms with Crippen LogP contribution >= 0.6 is 12.4 Å². The maximum absolute atomic E-state index is 5.98. The predicted molar refractivity (Wildman–Crippen MR) is 76.9 cm³/mol. The quantitative estimate of drug-likeness (QED) is 0.880. The van der Waals surface area contributed by atoms with Crippen LogP contribution in [0.25, 0.3) is 10.9 Å². The number of aromatic nitrogens is 1. The lowest BCUT2D eigenvalue weighted by Crippen LogP contribution is -1.99. The predicted octanol–water partition coefficient (Wildman–Crippen LogP) is 3.81. The zero-order chi connectivity index (χ0) is 11.7. The maximum Gasteiger partial charge on any atom is 0.127 e. The number of nitrogens with two attached hydrogens (primary N) is 1. The third-order valence-electron chi connectivity index (χ3n) is 3.14. The third kappa shape index (κ3) is 2.52. The summed E-state index contributed by atoms with van der Waals surface area (Å²) < 4.78 is 0. The van der Waals surface area contributed by atoms with Crippen molar-refractivity contribution in [2.45, 2.75) is 33.6 Å². The Morgan fingerprint density at radius 3 is 2.59 bits per heavy atom. The molecule has 3 heteroatoms. The molecule has 0 spiro atoms. The van der Waals surface area contributed by atoms with Crippen LogP contribution in [-0.2, 0) is 6.42 Å². The second-order valence-corrected chi connectivity index (χ2v) is 4.36. The number of aryl methyl sites for hydroxylation is 3. The normalized spacial score (nSPS) is 10.3. The Morgan fingerprint density at radius 1 is 1.24 bits per heavy atom. The number of nitrogen functional groups attached to an aromatic ring is 1. The average molecular weight is 251 g/mol. The van der Waals surface area contributed by atoms with Gasteiger partial charge in [-0.3, -0.25) is 0 Å². The summed E-state index contributed by atoms with van der Waals surface area (Å²) in [7, 11) is 0. The highest BCUT2D eigenvalue weighted by molar-refractivity contribution is 5.85. The first-order valence-corrected chi connectivity index (χ1v) is 5.78. The number of hydrogen-bond acceptors (Lipinski definition) is 2. The number of fused-ring (bicyclic) bond motifs is 1. The van der Waals surface area contributed by atoms with Crippen LogP contribution in [0.2, 0.25) is 0 Å². The number of benzene rings is 1. The monoisotopic (exact) mass is 250 g/mol. The van der Waals surface area contributed by atoms with Crippen LogP contribution in [0.3, 0.4) is 0 Å². The molecule has 1 aromatic heterocycles. The summed E-state index contributed by atoms with van der Waals surface area (Å²) in [5.74, 6) is 0.683. The van der Waals surface area contributed by atoms with Crippen molar-refractivity contribution in [3.63, 3.8) is 0 Å². The van der Waals surface area contributed by atoms with Gasteiger partial charge in [-0.25, -0.2) is 4.98 Å². The van der Waals surface area contributed by atoms with Gasteiger partial charge in [0.05, 0.1) is 5.52 Å². The molecule has 0 radical (unpaired) electrons. The molecule has 0 fully saturated rings. The molecule has 2 rings (SSSR count). The number of nitrogens with zero attached hydrogens (tertiary/aromatic N) is 1. The molecule has 0 unspecified atom stereocenters. The van der Waals surface area contributed by atoms with Crippen LogP contribution in [0, 0.1) is 13.8 Å². The average Bonchev–Trinajstić information content (AvgIpc) is 2.26. The lowest BCUT2D eigenvalue weighted by atomic mass is 10.0. The van der Waals surface area contributed by atoms with Crippen molar-refractivity contribution in [2.24, 2.45) is 0 Å². The summed E-state index contributed by atoms with van der Waals surface area (Å²) in [4.78, 5) is 4.53. The molecule has 2 nitrogen and oxygen atoms in total. The van der Waals surface area contributed by atoms with Crippen LogP contribution in [0.5, 0.6) is 0 Å². The zero-order valence-electron chi connectivity index (χ0n) is 10.6. The van der Waals surface area contributed by atoms with E-state index in [-0.39, 0.29) is 12.4 Å². The smallest absolute Gasteiger partial charge is 0.127 e. The lowest BCUT2D eigenvalue weighted by Gasteiger charge is -2.09. The van der Waals surface area contributed by atoms with Gasteiger partial charge in [0.1, 0.15) is 5.82 Å². The molecule has 17 heavy (non-hydrogen) atoms. The highest BCUT2D eigenvalue weighted by atomic mass is 35.5. The Kier molecular flexibility index (Phi) is 4.35. The van der Waals surface area contributed by atoms with E-state index in [1.54, 1.807) is 0 Å². The van der Waals surface area contributed by atoms with E-state index in [1.165, 1.54) is 22.1 Å². The molecular formula is C14H19ClN2. The van der Waals surface area contributed by atoms with Crippen LogP contribution in [0.15, 0.2) is 18.2 Å². The van der Waals surface area contributed by atoms with Crippen molar-refractivity contribution < 1.29 is 0 Å². The Hall–Kier alpha value is -1.28. The summed E-state index contributed by atoms with van der Waals surface area (Å²) in [5, 5.41) is 1.20. The van der Waals surface area contributed by atoms with E-state index in [0.29, 0.717) is 5.82 Å². The molecule has 0 aliphatic heterocycles. The van der Waals surface area contributed by atoms with E-state index >= 15 is 0 Å². The zero-order valence-corrected chi connectivity index (χ0v) is 11.4. The van der Waals surface area contributed by atoms with Gasteiger partial charge in [0.15, 0.2) is 0 Å². The second kappa shape index (κ2) is 5.37. The van der Waals surface area contributed by atoms with Gasteiger partial charge in [-0.2, -0.15) is 0 Å². The van der Waals surface area contributed by atoms with Gasteiger partial charge < -0.3 is 5.73 Å². The first-order chi connectivity index (χ1) is 7.63. The molecule has 0 aliphatic rings. The summed E-state index contributed by atoms with van der Waals surface area (Å²) in [6.07, 6.45) is 2.10. The van der Waals surface area contributed by atoms with Gasteiger partial charge in [-0.05, 0) is 43.0 Å². The number of rotatable bonds is 2. The minimum atomic E-state index is 0. The first kappa shape index (κ1) is 13.8. The van der Waals surface area contributed by atoms with Gasteiger partial charge >= 0.3 is 0 Å². The van der Waals surface area contributed by atoms with Gasteiger partial charge in [0.25, 0.3) is 0 Å². The number of halogens is 1. The fraction of sp³-hybridized carbons (Fsp3) is 0.357. The summed E-state index contributed by atoms with van der Waals surface area (Å²) >= 11 is 0. The SMILES string of the molecule is CCCc1cc2ccc(C)c(C)c2nc1N.Cl. The van der Waals surface area contributed by atoms with Crippen LogP contribution in [0.1, 0.15) is 30.0 Å². The third-order valence-corrected chi connectivity index (χ3v) is 3.14. The van der Waals surface area contributed by atoms with Gasteiger partial charge in [-0.15, -0.1) is 12.4 Å². The lowest BCUT2D eigenvalue weighted by molar-refractivity contribution is 0.921. The van der Waals surface area contributed by atoms with Gasteiger partial charge in [0, 0.05) is 5.39 Å². The van der Waals surface area contributed by atoms with Crippen molar-refractivity contribution in [3.05, 3.63) is 34.9 Å². The van der Waals surface area contributed by atoms with E-state index in [2.05, 4.69) is 44.0 Å². The Morgan fingerprint density at radius 2 is 1.94 bits per heavy atom. The van der Waals surface area contributed by atoms with Crippen molar-refractivity contribution in [1.29, 1.82) is 0 Å². The minimum absolute atomic E-state index is 0. The molecule has 0 atom stereocenters. The van der Waals surface area contributed by atoms with Crippen LogP contribution in [0.4, 0.5) is 5.82 Å². The van der Waals surface area contributed by atoms with E-state index in [1.807, 2.05) is 0 Å². The molecule has 1 heterocycles. The van der Waals surface area contributed by atoms with Crippen molar-refractivity contribution in [2.75, 3.05) is 5.73 Å². The fourth-order valence-corrected chi connectivity index (χ4v) is 2.01. The maximum atomic E-state index is 5.98. The van der Waals surface area contributed by atoms with Crippen LogP contribution in [-0.4, -0.2) is 4.98 Å². The molecule has 1 aromatic carbocycles. The van der Waals surface area contributed by atoms with Crippen molar-refractivity contribution >= 4 is 29.1 Å². The summed E-state index contributed by atoms with van der Waals surface area (Å²) in [6.45, 7) is 6.36. The minimum Gasteiger partial charge on any atom is -0.383 e. The molecule has 0 bridgehead atoms. The Balaban J connectivity index is 0.00000144. The van der Waals surface area contributed by atoms with Crippen LogP contribution < -0.4 is 5.73 Å². The fourth-order valence-electron chi connectivity index (χ4n) is 2.01. The molecule has 0 saturated carbocycles. The van der Waals surface area contributed by atoms with E-state index in [9.17, 15) is 0 Å². The van der Waals surface area contributed by atoms with Gasteiger partial charge in [-0.1, -0.05) is 25.5 Å². The van der Waals surface area contributed by atoms with Gasteiger partial charge in [0.2, 0.25) is 0 Å². The Labute approximate surface area is 109 Å². The van der Waals surface area contributed by atoms with E-state index in [0.717, 1.165) is 18.4 Å². The molecule has 2 N–H and O–H groups in total. The van der Waals surface area contributed by atoms with E-state index < -0.39 is 0 Å². The van der Waals surface area contributed by atoms with Crippen molar-refractivity contribution in [1.82, 2.24) is 4.98 Å². The molecule has 0 amide bonds. The number of pyridine rings is 1. The second-order valence-electron chi connectivity index (χ2n) is 4.36. The number of hydrogen-bond donors (Lipinski definition) is 1. The molecule has 0 aliphatic carbocycles. The molecular weight excluding hydrogens is 232 g/mol. The summed E-state index contributed by atoms with van der Waals surface area (Å²) in [6, 6.07) is 6.45. The number of anilines is 1. The molecule has 0 saturated heterocycles. The first-order valence-electron chi connectivity index (χ1n) is 5.78. The highest BCUT2D eigenvalue weighted by Gasteiger charge is 2.06. The van der Waals surface area contributed by atoms with E-state index in [4.69, 9.17) is 5.73 Å². The topological polar surface area (TPSA) is 38.9 Å². The summed E-state index contributed by atoms with van der Waals surface area (Å²) in [5.41, 5.74) is 10.7. The standard InChI is InChI=1S/C14H18N2.ClH/c1-4-5-12-8-11-7-6-9(2)10(3)13(11)16-14(12)15;/h6-8H,4-5H2,1-3H3,(H2,15,16);1H.